The lowest BCUT2D eigenvalue weighted by molar-refractivity contribution is -0.156. The predicted octanol–water partition coefficient (Wildman–Crippen LogP) is -0.342. The van der Waals surface area contributed by atoms with Crippen molar-refractivity contribution < 1.29 is 37.7 Å². The highest BCUT2D eigenvalue weighted by Gasteiger charge is 2.28. The minimum Gasteiger partial charge on any atom is -0.480 e. The fourth-order valence-electron chi connectivity index (χ4n) is 2.52. The second-order valence-corrected chi connectivity index (χ2v) is 6.63. The quantitative estimate of drug-likeness (QED) is 0.438. The lowest BCUT2D eigenvalue weighted by Gasteiger charge is -2.27. The van der Waals surface area contributed by atoms with Gasteiger partial charge in [0.25, 0.3) is 0 Å². The first-order valence-electron chi connectivity index (χ1n) is 8.71. The van der Waals surface area contributed by atoms with Gasteiger partial charge < -0.3 is 25.2 Å². The maximum atomic E-state index is 12.4. The number of carboxylic acid groups (broad SMARTS) is 1. The Bertz CT molecular complexity index is 501. The summed E-state index contributed by atoms with van der Waals surface area (Å²) in [6.07, 6.45) is 0.267. The van der Waals surface area contributed by atoms with Gasteiger partial charge in [0.05, 0.1) is 26.4 Å². The molecular weight excluding hydrogens is 368 g/mol. The van der Waals surface area contributed by atoms with Gasteiger partial charge in [-0.2, -0.15) is 8.78 Å². The van der Waals surface area contributed by atoms with Crippen LogP contribution < -0.4 is 10.6 Å². The van der Waals surface area contributed by atoms with Crippen molar-refractivity contribution in [1.29, 1.82) is 0 Å². The summed E-state index contributed by atoms with van der Waals surface area (Å²) in [4.78, 5) is 37.6. The summed E-state index contributed by atoms with van der Waals surface area (Å²) < 4.78 is 33.4. The number of morpholine rings is 1. The number of nitrogens with zero attached hydrogens (tertiary/aromatic N) is 1. The van der Waals surface area contributed by atoms with E-state index >= 15 is 0 Å². The van der Waals surface area contributed by atoms with Gasteiger partial charge in [0.1, 0.15) is 6.04 Å². The van der Waals surface area contributed by atoms with E-state index in [1.807, 2.05) is 18.7 Å². The number of ether oxygens (including phenoxy) is 2. The molecule has 0 aromatic carbocycles. The van der Waals surface area contributed by atoms with Crippen molar-refractivity contribution in [2.45, 2.75) is 39.0 Å². The Labute approximate surface area is 156 Å². The van der Waals surface area contributed by atoms with Crippen LogP contribution in [-0.4, -0.2) is 85.9 Å². The summed E-state index contributed by atoms with van der Waals surface area (Å²) in [7, 11) is 0. The Morgan fingerprint density at radius 2 is 1.78 bits per heavy atom. The van der Waals surface area contributed by atoms with Crippen LogP contribution in [0.4, 0.5) is 8.78 Å². The van der Waals surface area contributed by atoms with Gasteiger partial charge in [-0.15, -0.1) is 0 Å². The summed E-state index contributed by atoms with van der Waals surface area (Å²) in [6.45, 7) is 1.97. The molecule has 1 fully saturated rings. The van der Waals surface area contributed by atoms with Gasteiger partial charge in [-0.1, -0.05) is 13.8 Å². The smallest absolute Gasteiger partial charge is 0.345 e. The first-order valence-corrected chi connectivity index (χ1v) is 8.71. The maximum Gasteiger partial charge on any atom is 0.345 e. The van der Waals surface area contributed by atoms with Crippen LogP contribution in [0.1, 0.15) is 20.3 Å². The van der Waals surface area contributed by atoms with E-state index in [9.17, 15) is 23.2 Å². The van der Waals surface area contributed by atoms with Crippen molar-refractivity contribution >= 4 is 17.8 Å². The number of hydrogen-bond acceptors (Lipinski definition) is 6. The average molecular weight is 395 g/mol. The molecule has 1 rings (SSSR count). The van der Waals surface area contributed by atoms with E-state index in [0.717, 1.165) is 0 Å². The standard InChI is InChI=1S/C16H27F2N3O6/c1-10(2)7-11(19-13(22)8-21-3-5-26-6-4-21)14(23)20-12(15(24)25)9-27-16(17)18/h10-12,16H,3-9H2,1-2H3,(H,19,22)(H,20,23)(H,24,25)/t11-,12-/m0/s1. The van der Waals surface area contributed by atoms with E-state index in [1.54, 1.807) is 0 Å². The molecule has 1 saturated heterocycles. The number of carbonyl (C=O) groups is 3. The molecule has 1 heterocycles. The molecule has 0 saturated carbocycles. The zero-order valence-electron chi connectivity index (χ0n) is 15.5. The predicted molar refractivity (Wildman–Crippen MR) is 90.2 cm³/mol. The topological polar surface area (TPSA) is 117 Å². The van der Waals surface area contributed by atoms with Crippen LogP contribution in [0.25, 0.3) is 0 Å². The zero-order valence-corrected chi connectivity index (χ0v) is 15.5. The summed E-state index contributed by atoms with van der Waals surface area (Å²) in [5.74, 6) is -2.62. The van der Waals surface area contributed by atoms with Crippen LogP contribution in [0.5, 0.6) is 0 Å². The van der Waals surface area contributed by atoms with Crippen LogP contribution in [-0.2, 0) is 23.9 Å². The van der Waals surface area contributed by atoms with E-state index in [-0.39, 0.29) is 24.8 Å². The SMILES string of the molecule is CC(C)C[C@H](NC(=O)CN1CCOCC1)C(=O)N[C@@H](COC(F)F)C(=O)O. The minimum atomic E-state index is -3.15. The average Bonchev–Trinajstić information content (AvgIpc) is 2.57. The fraction of sp³-hybridized carbons (Fsp3) is 0.812. The summed E-state index contributed by atoms with van der Waals surface area (Å²) >= 11 is 0. The summed E-state index contributed by atoms with van der Waals surface area (Å²) in [5, 5.41) is 13.8. The normalized spacial score (nSPS) is 17.6. The molecule has 0 bridgehead atoms. The molecule has 0 spiro atoms. The molecule has 0 radical (unpaired) electrons. The first-order chi connectivity index (χ1) is 12.7. The third-order valence-corrected chi connectivity index (χ3v) is 3.83. The highest BCUT2D eigenvalue weighted by molar-refractivity contribution is 5.90. The summed E-state index contributed by atoms with van der Waals surface area (Å²) in [5.41, 5.74) is 0. The molecule has 11 heteroatoms. The number of aliphatic carboxylic acids is 1. The molecule has 156 valence electrons. The lowest BCUT2D eigenvalue weighted by Crippen LogP contribution is -2.55. The number of nitrogens with one attached hydrogen (secondary N) is 2. The van der Waals surface area contributed by atoms with E-state index < -0.39 is 37.2 Å². The van der Waals surface area contributed by atoms with Crippen LogP contribution in [0.2, 0.25) is 0 Å². The van der Waals surface area contributed by atoms with Crippen LogP contribution >= 0.6 is 0 Å². The third kappa shape index (κ3) is 9.59. The van der Waals surface area contributed by atoms with Crippen LogP contribution in [0, 0.1) is 5.92 Å². The van der Waals surface area contributed by atoms with E-state index in [2.05, 4.69) is 15.4 Å². The van der Waals surface area contributed by atoms with Crippen molar-refractivity contribution in [1.82, 2.24) is 15.5 Å². The van der Waals surface area contributed by atoms with Crippen LogP contribution in [0.3, 0.4) is 0 Å². The van der Waals surface area contributed by atoms with Crippen molar-refractivity contribution in [2.75, 3.05) is 39.5 Å². The Morgan fingerprint density at radius 1 is 1.15 bits per heavy atom. The Hall–Kier alpha value is -1.85. The number of hydrogen-bond donors (Lipinski definition) is 3. The number of rotatable bonds is 11. The number of alkyl halides is 2. The maximum absolute atomic E-state index is 12.4. The van der Waals surface area contributed by atoms with E-state index in [0.29, 0.717) is 26.3 Å². The molecule has 0 aliphatic carbocycles. The van der Waals surface area contributed by atoms with E-state index in [1.165, 1.54) is 0 Å². The Morgan fingerprint density at radius 3 is 2.30 bits per heavy atom. The molecule has 9 nitrogen and oxygen atoms in total. The molecule has 0 aromatic rings. The van der Waals surface area contributed by atoms with Crippen LogP contribution in [0.15, 0.2) is 0 Å². The molecule has 1 aliphatic heterocycles. The molecule has 2 amide bonds. The number of carboxylic acids is 1. The highest BCUT2D eigenvalue weighted by Crippen LogP contribution is 2.07. The number of amides is 2. The van der Waals surface area contributed by atoms with Gasteiger partial charge in [-0.05, 0) is 12.3 Å². The van der Waals surface area contributed by atoms with Gasteiger partial charge in [-0.25, -0.2) is 4.79 Å². The van der Waals surface area contributed by atoms with Crippen molar-refractivity contribution in [3.8, 4) is 0 Å². The molecule has 3 N–H and O–H groups in total. The highest BCUT2D eigenvalue weighted by atomic mass is 19.3. The molecular formula is C16H27F2N3O6. The zero-order chi connectivity index (χ0) is 20.4. The summed E-state index contributed by atoms with van der Waals surface area (Å²) in [6, 6.07) is -2.62. The second kappa shape index (κ2) is 11.8. The van der Waals surface area contributed by atoms with Gasteiger partial charge in [-0.3, -0.25) is 14.5 Å². The fourth-order valence-corrected chi connectivity index (χ4v) is 2.52. The first kappa shape index (κ1) is 23.2. The monoisotopic (exact) mass is 395 g/mol. The number of carbonyl (C=O) groups excluding carboxylic acids is 2. The lowest BCUT2D eigenvalue weighted by atomic mass is 10.0. The van der Waals surface area contributed by atoms with Gasteiger partial charge >= 0.3 is 12.6 Å². The second-order valence-electron chi connectivity index (χ2n) is 6.63. The molecule has 2 atom stereocenters. The third-order valence-electron chi connectivity index (χ3n) is 3.83. The molecule has 0 aromatic heterocycles. The Kier molecular flexibility index (Phi) is 10.1. The van der Waals surface area contributed by atoms with Crippen molar-refractivity contribution in [3.05, 3.63) is 0 Å². The van der Waals surface area contributed by atoms with Gasteiger partial charge in [0.2, 0.25) is 11.8 Å². The van der Waals surface area contributed by atoms with Gasteiger partial charge in [0, 0.05) is 13.1 Å². The molecule has 1 aliphatic rings. The van der Waals surface area contributed by atoms with Crippen molar-refractivity contribution in [3.63, 3.8) is 0 Å². The Balaban J connectivity index is 2.65. The number of halogens is 2. The largest absolute Gasteiger partial charge is 0.480 e. The van der Waals surface area contributed by atoms with Crippen molar-refractivity contribution in [2.24, 2.45) is 5.92 Å². The minimum absolute atomic E-state index is 0.0324. The molecule has 0 unspecified atom stereocenters. The molecule has 27 heavy (non-hydrogen) atoms. The van der Waals surface area contributed by atoms with Gasteiger partial charge in [0.15, 0.2) is 6.04 Å². The van der Waals surface area contributed by atoms with E-state index in [4.69, 9.17) is 9.84 Å².